The van der Waals surface area contributed by atoms with Crippen LogP contribution in [0.3, 0.4) is 0 Å². The number of rotatable bonds is 4. The normalized spacial score (nSPS) is 41.5. The maximum atomic E-state index is 9.17. The Morgan fingerprint density at radius 1 is 1.06 bits per heavy atom. The van der Waals surface area contributed by atoms with Crippen molar-refractivity contribution in [3.8, 4) is 0 Å². The van der Waals surface area contributed by atoms with E-state index < -0.39 is 6.29 Å². The van der Waals surface area contributed by atoms with Crippen molar-refractivity contribution in [1.82, 2.24) is 10.9 Å². The number of nitrogens with one attached hydrogen (secondary N) is 2. The molecule has 1 saturated heterocycles. The van der Waals surface area contributed by atoms with E-state index in [-0.39, 0.29) is 24.3 Å². The Hall–Kier alpha value is -0.240. The summed E-state index contributed by atoms with van der Waals surface area (Å²) < 4.78 is 11.0. The highest BCUT2D eigenvalue weighted by atomic mass is 16.5. The van der Waals surface area contributed by atoms with E-state index in [0.717, 1.165) is 19.3 Å². The van der Waals surface area contributed by atoms with Crippen molar-refractivity contribution in [2.75, 3.05) is 14.2 Å². The van der Waals surface area contributed by atoms with Crippen molar-refractivity contribution < 1.29 is 19.7 Å². The summed E-state index contributed by atoms with van der Waals surface area (Å²) in [4.78, 5) is 0. The third-order valence-electron chi connectivity index (χ3n) is 4.27. The highest BCUT2D eigenvalue weighted by Gasteiger charge is 2.40. The molecule has 0 aromatic rings. The van der Waals surface area contributed by atoms with Gasteiger partial charge in [-0.1, -0.05) is 0 Å². The van der Waals surface area contributed by atoms with E-state index in [4.69, 9.17) is 9.47 Å². The van der Waals surface area contributed by atoms with Crippen LogP contribution < -0.4 is 10.9 Å². The van der Waals surface area contributed by atoms with Crippen molar-refractivity contribution >= 4 is 0 Å². The van der Waals surface area contributed by atoms with Crippen LogP contribution >= 0.6 is 0 Å². The molecular formula is C12H24N2O4. The molecule has 0 radical (unpaired) electrons. The molecule has 0 aromatic heterocycles. The van der Waals surface area contributed by atoms with E-state index in [1.54, 1.807) is 14.2 Å². The van der Waals surface area contributed by atoms with E-state index in [9.17, 15) is 10.2 Å². The van der Waals surface area contributed by atoms with Crippen molar-refractivity contribution in [2.45, 2.75) is 56.3 Å². The monoisotopic (exact) mass is 260 g/mol. The van der Waals surface area contributed by atoms with Crippen molar-refractivity contribution in [3.05, 3.63) is 0 Å². The lowest BCUT2D eigenvalue weighted by atomic mass is 9.79. The van der Waals surface area contributed by atoms with Crippen LogP contribution in [0.15, 0.2) is 0 Å². The van der Waals surface area contributed by atoms with Gasteiger partial charge in [0.05, 0.1) is 18.2 Å². The Morgan fingerprint density at radius 2 is 1.83 bits per heavy atom. The van der Waals surface area contributed by atoms with E-state index in [0.29, 0.717) is 12.3 Å². The molecule has 5 atom stereocenters. The highest BCUT2D eigenvalue weighted by Crippen LogP contribution is 2.33. The summed E-state index contributed by atoms with van der Waals surface area (Å²) in [5, 5.41) is 18.3. The molecule has 1 aliphatic heterocycles. The average Bonchev–Trinajstić information content (AvgIpc) is 2.87. The second kappa shape index (κ2) is 6.27. The molecule has 106 valence electrons. The van der Waals surface area contributed by atoms with Crippen LogP contribution in [0.5, 0.6) is 0 Å². The predicted octanol–water partition coefficient (Wildman–Crippen LogP) is -0.638. The first-order chi connectivity index (χ1) is 8.65. The molecule has 0 spiro atoms. The van der Waals surface area contributed by atoms with Crippen LogP contribution in [0.25, 0.3) is 0 Å². The van der Waals surface area contributed by atoms with Crippen LogP contribution in [0.1, 0.15) is 25.7 Å². The molecule has 4 N–H and O–H groups in total. The fourth-order valence-corrected chi connectivity index (χ4v) is 3.14. The van der Waals surface area contributed by atoms with Gasteiger partial charge in [-0.05, 0) is 19.3 Å². The molecule has 1 aliphatic carbocycles. The van der Waals surface area contributed by atoms with Gasteiger partial charge in [-0.3, -0.25) is 5.43 Å². The fraction of sp³-hybridized carbons (Fsp3) is 1.00. The Bertz CT molecular complexity index is 264. The van der Waals surface area contributed by atoms with E-state index >= 15 is 0 Å². The van der Waals surface area contributed by atoms with Gasteiger partial charge in [-0.15, -0.1) is 0 Å². The van der Waals surface area contributed by atoms with Crippen LogP contribution in [0, 0.1) is 5.92 Å². The summed E-state index contributed by atoms with van der Waals surface area (Å²) in [6.07, 6.45) is 2.80. The summed E-state index contributed by atoms with van der Waals surface area (Å²) in [6.45, 7) is 0. The zero-order valence-electron chi connectivity index (χ0n) is 11.0. The molecule has 2 rings (SSSR count). The first kappa shape index (κ1) is 14.2. The molecule has 0 aromatic carbocycles. The molecule has 6 nitrogen and oxygen atoms in total. The molecule has 18 heavy (non-hydrogen) atoms. The van der Waals surface area contributed by atoms with Gasteiger partial charge in [0.1, 0.15) is 0 Å². The molecule has 0 bridgehead atoms. The lowest BCUT2D eigenvalue weighted by molar-refractivity contribution is -0.0663. The molecule has 1 saturated carbocycles. The van der Waals surface area contributed by atoms with Crippen LogP contribution in [0.4, 0.5) is 0 Å². The smallest absolute Gasteiger partial charge is 0.168 e. The maximum absolute atomic E-state index is 9.17. The lowest BCUT2D eigenvalue weighted by Gasteiger charge is -2.37. The third kappa shape index (κ3) is 3.01. The molecule has 5 unspecified atom stereocenters. The fourth-order valence-electron chi connectivity index (χ4n) is 3.14. The minimum atomic E-state index is -1.32. The van der Waals surface area contributed by atoms with Crippen molar-refractivity contribution in [1.29, 1.82) is 0 Å². The number of hydrogen-bond acceptors (Lipinski definition) is 6. The van der Waals surface area contributed by atoms with Gasteiger partial charge in [0.2, 0.25) is 0 Å². The van der Waals surface area contributed by atoms with Gasteiger partial charge in [0, 0.05) is 32.6 Å². The number of hydrogen-bond donors (Lipinski definition) is 4. The minimum Gasteiger partial charge on any atom is -0.381 e. The molecular weight excluding hydrogens is 236 g/mol. The van der Waals surface area contributed by atoms with Gasteiger partial charge in [0.25, 0.3) is 0 Å². The van der Waals surface area contributed by atoms with Crippen LogP contribution in [-0.4, -0.2) is 55.0 Å². The molecule has 6 heteroatoms. The highest BCUT2D eigenvalue weighted by molar-refractivity contribution is 4.93. The second-order valence-corrected chi connectivity index (χ2v) is 5.26. The van der Waals surface area contributed by atoms with Gasteiger partial charge in [-0.2, -0.15) is 0 Å². The number of aliphatic hydroxyl groups excluding tert-OH is 1. The van der Waals surface area contributed by atoms with Gasteiger partial charge in [0.15, 0.2) is 6.29 Å². The maximum Gasteiger partial charge on any atom is 0.168 e. The van der Waals surface area contributed by atoms with E-state index in [1.807, 2.05) is 0 Å². The van der Waals surface area contributed by atoms with Crippen LogP contribution in [-0.2, 0) is 9.47 Å². The van der Waals surface area contributed by atoms with Gasteiger partial charge in [-0.25, -0.2) is 5.43 Å². The lowest BCUT2D eigenvalue weighted by Crippen LogP contribution is -2.46. The number of methoxy groups -OCH3 is 2. The number of ether oxygens (including phenoxy) is 2. The topological polar surface area (TPSA) is 83.0 Å². The number of hydrazine groups is 1. The standard InChI is InChI=1S/C12H24N2O4/c1-17-7-3-4-8(11(5-7)18-2)9-6-10(12(15)16)14-13-9/h7-16H,3-6H2,1-2H3. The van der Waals surface area contributed by atoms with Crippen LogP contribution in [0.2, 0.25) is 0 Å². The van der Waals surface area contributed by atoms with Gasteiger partial charge >= 0.3 is 0 Å². The molecule has 2 aliphatic rings. The van der Waals surface area contributed by atoms with Gasteiger partial charge < -0.3 is 19.7 Å². The van der Waals surface area contributed by atoms with Crippen molar-refractivity contribution in [2.24, 2.45) is 5.92 Å². The zero-order valence-corrected chi connectivity index (χ0v) is 11.0. The Balaban J connectivity index is 1.92. The minimum absolute atomic E-state index is 0.164. The molecule has 2 fully saturated rings. The molecule has 0 amide bonds. The number of aliphatic hydroxyl groups is 2. The second-order valence-electron chi connectivity index (χ2n) is 5.26. The SMILES string of the molecule is COC1CCC(C2CC(C(O)O)NN2)C(OC)C1. The summed E-state index contributed by atoms with van der Waals surface area (Å²) in [7, 11) is 3.47. The zero-order chi connectivity index (χ0) is 13.1. The van der Waals surface area contributed by atoms with Crippen molar-refractivity contribution in [3.63, 3.8) is 0 Å². The Morgan fingerprint density at radius 3 is 2.39 bits per heavy atom. The first-order valence-corrected chi connectivity index (χ1v) is 6.58. The average molecular weight is 260 g/mol. The summed E-state index contributed by atoms with van der Waals surface area (Å²) in [5.41, 5.74) is 6.10. The summed E-state index contributed by atoms with van der Waals surface area (Å²) >= 11 is 0. The quantitative estimate of drug-likeness (QED) is 0.504. The Kier molecular flexibility index (Phi) is 4.94. The third-order valence-corrected chi connectivity index (χ3v) is 4.27. The van der Waals surface area contributed by atoms with E-state index in [2.05, 4.69) is 10.9 Å². The largest absolute Gasteiger partial charge is 0.381 e. The van der Waals surface area contributed by atoms with E-state index in [1.165, 1.54) is 0 Å². The summed E-state index contributed by atoms with van der Waals surface area (Å²) in [5.74, 6) is 0.387. The molecule has 1 heterocycles. The Labute approximate surface area is 108 Å². The first-order valence-electron chi connectivity index (χ1n) is 6.58. The summed E-state index contributed by atoms with van der Waals surface area (Å²) in [6, 6.07) is -0.0767. The predicted molar refractivity (Wildman–Crippen MR) is 65.6 cm³/mol.